The lowest BCUT2D eigenvalue weighted by Gasteiger charge is -2.54. The molecule has 4 unspecified atom stereocenters. The average Bonchev–Trinajstić information content (AvgIpc) is 2.97. The molecule has 4 N–H and O–H groups in total. The molecule has 2 aromatic rings. The average molecular weight is 621 g/mol. The highest BCUT2D eigenvalue weighted by Crippen LogP contribution is 2.56. The topological polar surface area (TPSA) is 139 Å². The van der Waals surface area contributed by atoms with E-state index in [1.54, 1.807) is 0 Å². The summed E-state index contributed by atoms with van der Waals surface area (Å²) >= 11 is 0. The first-order valence-corrected chi connectivity index (χ1v) is 16.6. The Morgan fingerprint density at radius 2 is 0.975 bits per heavy atom. The van der Waals surface area contributed by atoms with Crippen molar-refractivity contribution < 1.29 is 29.4 Å². The van der Waals surface area contributed by atoms with E-state index < -0.39 is 56.3 Å². The van der Waals surface area contributed by atoms with Crippen molar-refractivity contribution in [3.8, 4) is 0 Å². The van der Waals surface area contributed by atoms with Crippen LogP contribution in [0.4, 0.5) is 0 Å². The van der Waals surface area contributed by atoms with Crippen LogP contribution in [0.2, 0.25) is 0 Å². The van der Waals surface area contributed by atoms with E-state index in [2.05, 4.69) is 10.6 Å². The van der Waals surface area contributed by atoms with Crippen molar-refractivity contribution in [3.05, 3.63) is 71.8 Å². The minimum absolute atomic E-state index is 0.0797. The molecule has 0 spiro atoms. The minimum Gasteiger partial charge on any atom is -0.392 e. The van der Waals surface area contributed by atoms with Gasteiger partial charge in [0.05, 0.1) is 13.2 Å². The van der Waals surface area contributed by atoms with Crippen LogP contribution in [0.3, 0.4) is 0 Å². The van der Waals surface area contributed by atoms with Gasteiger partial charge >= 0.3 is 0 Å². The molecule has 6 aliphatic heterocycles. The number of aliphatic hydroxyl groups is 2. The van der Waals surface area contributed by atoms with Crippen LogP contribution in [0.1, 0.15) is 11.1 Å². The number of amides is 4. The van der Waals surface area contributed by atoms with E-state index in [1.165, 1.54) is 23.9 Å². The molecule has 6 saturated heterocycles. The zero-order chi connectivity index (χ0) is 28.8. The van der Waals surface area contributed by atoms with E-state index >= 15 is 0 Å². The summed E-state index contributed by atoms with van der Waals surface area (Å²) < 4.78 is 0. The standard InChI is InChI=1S/C26H28N4O6S4/c1-29-21(35)23(15-31)27-19(33)25(29,13-17-9-5-3-6-10-17)39-38-24(16-32)22(36)30(2)26(40-37-23,20(34)28-24)14-18-11-7-4-8-12-18/h3-12,31-32H,13-16H2,1-2H3,(H,27,33)(H,28,34). The molecule has 6 heterocycles. The molecule has 4 atom stereocenters. The van der Waals surface area contributed by atoms with E-state index in [9.17, 15) is 29.4 Å². The number of nitrogens with zero attached hydrogens (tertiary/aromatic N) is 2. The summed E-state index contributed by atoms with van der Waals surface area (Å²) in [6.07, 6.45) is 0.159. The van der Waals surface area contributed by atoms with Crippen LogP contribution < -0.4 is 10.6 Å². The largest absolute Gasteiger partial charge is 0.392 e. The maximum absolute atomic E-state index is 14.0. The van der Waals surface area contributed by atoms with Crippen LogP contribution in [-0.4, -0.2) is 90.4 Å². The quantitative estimate of drug-likeness (QED) is 0.349. The second-order valence-corrected chi connectivity index (χ2v) is 15.2. The van der Waals surface area contributed by atoms with Gasteiger partial charge in [-0.3, -0.25) is 19.2 Å². The third kappa shape index (κ3) is 4.49. The lowest BCUT2D eigenvalue weighted by atomic mass is 9.99. The fourth-order valence-electron chi connectivity index (χ4n) is 4.89. The number of aliphatic hydroxyl groups excluding tert-OH is 2. The van der Waals surface area contributed by atoms with Gasteiger partial charge in [-0.05, 0) is 32.7 Å². The van der Waals surface area contributed by atoms with Gasteiger partial charge in [-0.25, -0.2) is 0 Å². The highest BCUT2D eigenvalue weighted by Gasteiger charge is 2.65. The summed E-state index contributed by atoms with van der Waals surface area (Å²) in [5.74, 6) is -2.16. The molecular formula is C26H28N4O6S4. The zero-order valence-electron chi connectivity index (χ0n) is 21.7. The van der Waals surface area contributed by atoms with Gasteiger partial charge in [-0.1, -0.05) is 82.3 Å². The van der Waals surface area contributed by atoms with Crippen LogP contribution in [0.5, 0.6) is 0 Å². The Morgan fingerprint density at radius 1 is 0.625 bits per heavy atom. The van der Waals surface area contributed by atoms with Crippen LogP contribution in [-0.2, 0) is 32.0 Å². The predicted octanol–water partition coefficient (Wildman–Crippen LogP) is 1.19. The Morgan fingerprint density at radius 3 is 1.30 bits per heavy atom. The summed E-state index contributed by atoms with van der Waals surface area (Å²) in [5.41, 5.74) is 1.51. The van der Waals surface area contributed by atoms with Crippen molar-refractivity contribution in [2.75, 3.05) is 27.3 Å². The SMILES string of the molecule is CN1C(=O)C2(CO)NC(=O)C1(Cc1ccccc1)SSC1(CO)NC(=O)C(Cc3ccccc3)(SS2)N(C)C1=O. The third-order valence-electron chi connectivity index (χ3n) is 7.39. The molecule has 0 aliphatic carbocycles. The van der Waals surface area contributed by atoms with E-state index in [0.717, 1.165) is 54.3 Å². The van der Waals surface area contributed by atoms with Gasteiger partial charge in [0.25, 0.3) is 23.6 Å². The molecule has 14 heteroatoms. The smallest absolute Gasteiger partial charge is 0.263 e. The number of carbonyl (C=O) groups excluding carboxylic acids is 4. The molecule has 6 fully saturated rings. The first kappa shape index (κ1) is 29.1. The summed E-state index contributed by atoms with van der Waals surface area (Å²) in [6, 6.07) is 18.2. The second-order valence-electron chi connectivity index (χ2n) is 9.83. The fourth-order valence-corrected chi connectivity index (χ4v) is 11.5. The summed E-state index contributed by atoms with van der Waals surface area (Å²) in [6.45, 7) is -1.47. The Bertz CT molecular complexity index is 1240. The van der Waals surface area contributed by atoms with E-state index in [1.807, 2.05) is 60.7 Å². The summed E-state index contributed by atoms with van der Waals surface area (Å²) in [7, 11) is 6.53. The van der Waals surface area contributed by atoms with Gasteiger partial charge in [-0.15, -0.1) is 0 Å². The molecule has 8 rings (SSSR count). The van der Waals surface area contributed by atoms with Gasteiger partial charge in [0.15, 0.2) is 19.5 Å². The first-order chi connectivity index (χ1) is 19.1. The molecule has 4 amide bonds. The normalized spacial score (nSPS) is 32.4. The monoisotopic (exact) mass is 620 g/mol. The van der Waals surface area contributed by atoms with Crippen molar-refractivity contribution in [3.63, 3.8) is 0 Å². The van der Waals surface area contributed by atoms with Gasteiger partial charge in [0, 0.05) is 26.9 Å². The number of piperazine rings is 2. The Kier molecular flexibility index (Phi) is 7.87. The minimum atomic E-state index is -1.81. The lowest BCUT2D eigenvalue weighted by Crippen LogP contribution is -2.77. The number of nitrogens with one attached hydrogen (secondary N) is 2. The molecular weight excluding hydrogens is 593 g/mol. The zero-order valence-corrected chi connectivity index (χ0v) is 24.9. The van der Waals surface area contributed by atoms with Gasteiger partial charge < -0.3 is 30.6 Å². The summed E-state index contributed by atoms with van der Waals surface area (Å²) in [5, 5.41) is 26.6. The molecule has 212 valence electrons. The molecule has 0 aromatic heterocycles. The molecule has 2 aromatic carbocycles. The first-order valence-electron chi connectivity index (χ1n) is 12.3. The molecule has 0 saturated carbocycles. The van der Waals surface area contributed by atoms with Gasteiger partial charge in [0.2, 0.25) is 0 Å². The number of carbonyl (C=O) groups is 4. The van der Waals surface area contributed by atoms with Crippen LogP contribution in [0, 0.1) is 0 Å². The van der Waals surface area contributed by atoms with E-state index in [0.29, 0.717) is 0 Å². The van der Waals surface area contributed by atoms with Gasteiger partial charge in [-0.2, -0.15) is 0 Å². The maximum atomic E-state index is 14.0. The van der Waals surface area contributed by atoms with Gasteiger partial charge in [0.1, 0.15) is 0 Å². The fraction of sp³-hybridized carbons (Fsp3) is 0.385. The van der Waals surface area contributed by atoms with Crippen molar-refractivity contribution in [2.24, 2.45) is 0 Å². The Labute approximate surface area is 247 Å². The predicted molar refractivity (Wildman–Crippen MR) is 158 cm³/mol. The molecule has 6 aliphatic rings. The number of rotatable bonds is 6. The number of hydrogen-bond acceptors (Lipinski definition) is 10. The number of likely N-dealkylation sites (N-methyl/N-ethyl adjacent to an activating group) is 2. The van der Waals surface area contributed by atoms with E-state index in [-0.39, 0.29) is 12.8 Å². The number of hydrogen-bond donors (Lipinski definition) is 4. The molecule has 4 bridgehead atoms. The van der Waals surface area contributed by atoms with E-state index in [4.69, 9.17) is 0 Å². The highest BCUT2D eigenvalue weighted by molar-refractivity contribution is 8.78. The molecule has 40 heavy (non-hydrogen) atoms. The number of benzene rings is 2. The Balaban J connectivity index is 1.65. The molecule has 0 radical (unpaired) electrons. The van der Waals surface area contributed by atoms with Crippen LogP contribution in [0.15, 0.2) is 60.7 Å². The Hall–Kier alpha value is -2.36. The van der Waals surface area contributed by atoms with Crippen molar-refractivity contribution in [1.29, 1.82) is 0 Å². The lowest BCUT2D eigenvalue weighted by molar-refractivity contribution is -0.152. The van der Waals surface area contributed by atoms with Crippen molar-refractivity contribution in [1.82, 2.24) is 20.4 Å². The maximum Gasteiger partial charge on any atom is 0.263 e. The van der Waals surface area contributed by atoms with Crippen molar-refractivity contribution >= 4 is 66.8 Å². The highest BCUT2D eigenvalue weighted by atomic mass is 33.1. The summed E-state index contributed by atoms with van der Waals surface area (Å²) in [4.78, 5) is 51.9. The molecule has 10 nitrogen and oxygen atoms in total. The second kappa shape index (κ2) is 10.8. The third-order valence-corrected chi connectivity index (χ3v) is 14.6. The van der Waals surface area contributed by atoms with Crippen molar-refractivity contribution in [2.45, 2.75) is 32.3 Å². The van der Waals surface area contributed by atoms with Crippen LogP contribution >= 0.6 is 43.2 Å². The van der Waals surface area contributed by atoms with Crippen LogP contribution in [0.25, 0.3) is 0 Å².